The number of rotatable bonds is 2. The highest BCUT2D eigenvalue weighted by Gasteiger charge is 2.37. The van der Waals surface area contributed by atoms with Gasteiger partial charge in [0.2, 0.25) is 0 Å². The first-order chi connectivity index (χ1) is 14.0. The number of H-pyrrole nitrogens is 1. The van der Waals surface area contributed by atoms with Gasteiger partial charge < -0.3 is 0 Å². The molecular formula is C19H14F2N6O2. The summed E-state index contributed by atoms with van der Waals surface area (Å²) in [6, 6.07) is 8.19. The van der Waals surface area contributed by atoms with E-state index in [-0.39, 0.29) is 16.9 Å². The van der Waals surface area contributed by atoms with E-state index in [0.29, 0.717) is 22.5 Å². The summed E-state index contributed by atoms with van der Waals surface area (Å²) in [4.78, 5) is 22.6. The lowest BCUT2D eigenvalue weighted by Gasteiger charge is -2.24. The minimum atomic E-state index is -0.712. The smallest absolute Gasteiger partial charge is 0.267 e. The lowest BCUT2D eigenvalue weighted by molar-refractivity contribution is 0.0848. The fourth-order valence-corrected chi connectivity index (χ4v) is 3.69. The molecule has 0 saturated carbocycles. The number of anilines is 1. The van der Waals surface area contributed by atoms with Gasteiger partial charge >= 0.3 is 0 Å². The van der Waals surface area contributed by atoms with Gasteiger partial charge in [-0.05, 0) is 29.8 Å². The molecule has 10 heteroatoms. The van der Waals surface area contributed by atoms with Crippen molar-refractivity contribution in [1.29, 1.82) is 0 Å². The van der Waals surface area contributed by atoms with Gasteiger partial charge in [-0.25, -0.2) is 18.9 Å². The molecule has 2 aromatic heterocycles. The molecule has 0 amide bonds. The summed E-state index contributed by atoms with van der Waals surface area (Å²) in [5.41, 5.74) is 3.57. The molecule has 2 atom stereocenters. The summed E-state index contributed by atoms with van der Waals surface area (Å²) in [5.74, 6) is -1.09. The molecule has 146 valence electrons. The molecule has 0 fully saturated rings. The number of benzene rings is 2. The lowest BCUT2D eigenvalue weighted by atomic mass is 9.89. The van der Waals surface area contributed by atoms with Crippen LogP contribution in [0.3, 0.4) is 0 Å². The summed E-state index contributed by atoms with van der Waals surface area (Å²) < 4.78 is 29.2. The third-order valence-corrected chi connectivity index (χ3v) is 5.00. The average Bonchev–Trinajstić information content (AvgIpc) is 3.05. The van der Waals surface area contributed by atoms with E-state index < -0.39 is 23.4 Å². The molecule has 8 nitrogen and oxygen atoms in total. The maximum absolute atomic E-state index is 14.1. The van der Waals surface area contributed by atoms with Crippen molar-refractivity contribution < 1.29 is 13.6 Å². The minimum absolute atomic E-state index is 0.132. The van der Waals surface area contributed by atoms with Crippen molar-refractivity contribution in [1.82, 2.24) is 25.0 Å². The highest BCUT2D eigenvalue weighted by Crippen LogP contribution is 2.44. The number of aryl methyl sites for hydroxylation is 1. The minimum Gasteiger partial charge on any atom is -0.267 e. The molecule has 0 bridgehead atoms. The zero-order chi connectivity index (χ0) is 20.1. The van der Waals surface area contributed by atoms with Crippen LogP contribution in [0.5, 0.6) is 0 Å². The van der Waals surface area contributed by atoms with Crippen LogP contribution in [0.1, 0.15) is 29.1 Å². The molecule has 0 aliphatic carbocycles. The predicted octanol–water partition coefficient (Wildman–Crippen LogP) is 2.56. The third kappa shape index (κ3) is 2.76. The third-order valence-electron chi connectivity index (χ3n) is 5.00. The second-order valence-electron chi connectivity index (χ2n) is 6.73. The van der Waals surface area contributed by atoms with E-state index in [2.05, 4.69) is 25.8 Å². The summed E-state index contributed by atoms with van der Waals surface area (Å²) >= 11 is 0. The van der Waals surface area contributed by atoms with Crippen LogP contribution >= 0.6 is 0 Å². The van der Waals surface area contributed by atoms with Crippen LogP contribution in [-0.4, -0.2) is 25.0 Å². The van der Waals surface area contributed by atoms with Gasteiger partial charge in [-0.1, -0.05) is 12.1 Å². The predicted molar refractivity (Wildman–Crippen MR) is 99.0 cm³/mol. The van der Waals surface area contributed by atoms with Gasteiger partial charge in [-0.2, -0.15) is 10.2 Å². The van der Waals surface area contributed by atoms with E-state index in [9.17, 15) is 13.6 Å². The second-order valence-corrected chi connectivity index (χ2v) is 6.73. The van der Waals surface area contributed by atoms with E-state index in [4.69, 9.17) is 4.84 Å². The molecule has 5 rings (SSSR count). The SMILES string of the molecule is Cn1ncnc1C1c2n[nH]c(=O)c3cc(F)cc(c23)NOC1c1ccc(F)cc1. The summed E-state index contributed by atoms with van der Waals surface area (Å²) in [6.07, 6.45) is 0.680. The lowest BCUT2D eigenvalue weighted by Crippen LogP contribution is -2.22. The Morgan fingerprint density at radius 1 is 1.14 bits per heavy atom. The maximum atomic E-state index is 14.1. The number of halogens is 2. The van der Waals surface area contributed by atoms with Crippen molar-refractivity contribution >= 4 is 16.5 Å². The molecule has 1 aliphatic rings. The van der Waals surface area contributed by atoms with Crippen LogP contribution in [0.25, 0.3) is 10.8 Å². The van der Waals surface area contributed by atoms with Crippen LogP contribution < -0.4 is 11.0 Å². The van der Waals surface area contributed by atoms with Crippen molar-refractivity contribution in [2.75, 3.05) is 5.48 Å². The Morgan fingerprint density at radius 2 is 1.93 bits per heavy atom. The number of nitrogens with zero attached hydrogens (tertiary/aromatic N) is 4. The van der Waals surface area contributed by atoms with Crippen molar-refractivity contribution in [3.8, 4) is 0 Å². The molecule has 2 aromatic carbocycles. The second kappa shape index (κ2) is 6.45. The zero-order valence-electron chi connectivity index (χ0n) is 15.1. The fourth-order valence-electron chi connectivity index (χ4n) is 3.69. The van der Waals surface area contributed by atoms with E-state index in [1.165, 1.54) is 24.5 Å². The number of hydrogen-bond donors (Lipinski definition) is 2. The molecule has 1 aliphatic heterocycles. The molecule has 0 radical (unpaired) electrons. The number of aromatic amines is 1. The first kappa shape index (κ1) is 17.4. The van der Waals surface area contributed by atoms with Gasteiger partial charge in [0.15, 0.2) is 0 Å². The highest BCUT2D eigenvalue weighted by atomic mass is 19.1. The van der Waals surface area contributed by atoms with Crippen LogP contribution in [0, 0.1) is 11.6 Å². The van der Waals surface area contributed by atoms with Crippen molar-refractivity contribution in [3.05, 3.63) is 81.8 Å². The number of hydrogen-bond acceptors (Lipinski definition) is 6. The molecule has 29 heavy (non-hydrogen) atoms. The largest absolute Gasteiger partial charge is 0.272 e. The zero-order valence-corrected chi connectivity index (χ0v) is 15.1. The fraction of sp³-hybridized carbons (Fsp3) is 0.158. The normalized spacial score (nSPS) is 18.4. The quantitative estimate of drug-likeness (QED) is 0.541. The Hall–Kier alpha value is -3.66. The Labute approximate surface area is 162 Å². The van der Waals surface area contributed by atoms with E-state index in [0.717, 1.165) is 6.07 Å². The molecule has 0 saturated heterocycles. The average molecular weight is 396 g/mol. The monoisotopic (exact) mass is 396 g/mol. The van der Waals surface area contributed by atoms with Crippen LogP contribution in [-0.2, 0) is 11.9 Å². The van der Waals surface area contributed by atoms with Crippen LogP contribution in [0.4, 0.5) is 14.5 Å². The Bertz CT molecular complexity index is 1280. The summed E-state index contributed by atoms with van der Waals surface area (Å²) in [7, 11) is 1.72. The van der Waals surface area contributed by atoms with E-state index >= 15 is 0 Å². The molecule has 2 N–H and O–H groups in total. The Morgan fingerprint density at radius 3 is 2.66 bits per heavy atom. The number of aromatic nitrogens is 5. The van der Waals surface area contributed by atoms with Gasteiger partial charge in [0.05, 0.1) is 22.7 Å². The van der Waals surface area contributed by atoms with Gasteiger partial charge in [-0.3, -0.25) is 19.8 Å². The highest BCUT2D eigenvalue weighted by molar-refractivity contribution is 5.95. The molecule has 0 spiro atoms. The van der Waals surface area contributed by atoms with Crippen molar-refractivity contribution in [2.45, 2.75) is 12.0 Å². The molecular weight excluding hydrogens is 382 g/mol. The topological polar surface area (TPSA) is 97.7 Å². The first-order valence-electron chi connectivity index (χ1n) is 8.76. The van der Waals surface area contributed by atoms with Crippen molar-refractivity contribution in [2.24, 2.45) is 7.05 Å². The van der Waals surface area contributed by atoms with Gasteiger partial charge in [0.25, 0.3) is 5.56 Å². The summed E-state index contributed by atoms with van der Waals surface area (Å²) in [6.45, 7) is 0. The standard InChI is InChI=1S/C19H14F2N6O2/c1-27-18(22-8-23-27)15-16-14-12(19(28)25-24-16)6-11(21)7-13(14)26-29-17(15)9-2-4-10(20)5-3-9/h2-8,15,17,26H,1H3,(H,25,28). The van der Waals surface area contributed by atoms with Crippen LogP contribution in [0.2, 0.25) is 0 Å². The number of nitrogens with one attached hydrogen (secondary N) is 2. The van der Waals surface area contributed by atoms with E-state index in [1.54, 1.807) is 23.9 Å². The Kier molecular flexibility index (Phi) is 3.88. The molecule has 3 heterocycles. The van der Waals surface area contributed by atoms with Gasteiger partial charge in [0.1, 0.15) is 29.9 Å². The van der Waals surface area contributed by atoms with Crippen LogP contribution in [0.15, 0.2) is 47.5 Å². The molecule has 2 unspecified atom stereocenters. The maximum Gasteiger partial charge on any atom is 0.272 e. The van der Waals surface area contributed by atoms with Gasteiger partial charge in [0, 0.05) is 12.4 Å². The first-order valence-corrected chi connectivity index (χ1v) is 8.76. The Balaban J connectivity index is 1.82. The summed E-state index contributed by atoms with van der Waals surface area (Å²) in [5, 5.41) is 11.4. The molecule has 4 aromatic rings. The van der Waals surface area contributed by atoms with E-state index in [1.807, 2.05) is 0 Å². The van der Waals surface area contributed by atoms with Gasteiger partial charge in [-0.15, -0.1) is 0 Å². The van der Waals surface area contributed by atoms with Crippen molar-refractivity contribution in [3.63, 3.8) is 0 Å².